The third-order valence-corrected chi connectivity index (χ3v) is 2.00. The van der Waals surface area contributed by atoms with Crippen LogP contribution in [0.2, 0.25) is 0 Å². The summed E-state index contributed by atoms with van der Waals surface area (Å²) in [6.07, 6.45) is 0. The molecule has 0 unspecified atom stereocenters. The third-order valence-electron chi connectivity index (χ3n) is 2.00. The van der Waals surface area contributed by atoms with Crippen LogP contribution >= 0.6 is 0 Å². The molecule has 0 radical (unpaired) electrons. The highest BCUT2D eigenvalue weighted by Crippen LogP contribution is 2.17. The zero-order valence-corrected chi connectivity index (χ0v) is 11.3. The molecule has 0 saturated carbocycles. The first-order chi connectivity index (χ1) is 8.67. The summed E-state index contributed by atoms with van der Waals surface area (Å²) in [6.45, 7) is 6.31. The van der Waals surface area contributed by atoms with Crippen LogP contribution < -0.4 is 4.74 Å². The van der Waals surface area contributed by atoms with E-state index >= 15 is 0 Å². The number of ketones is 1. The molecule has 0 aromatic heterocycles. The van der Waals surface area contributed by atoms with Crippen molar-refractivity contribution >= 4 is 5.78 Å². The number of ether oxygens (including phenoxy) is 2. The lowest BCUT2D eigenvalue weighted by Gasteiger charge is -2.07. The largest absolute Gasteiger partial charge is 0.491 e. The van der Waals surface area contributed by atoms with Gasteiger partial charge in [0.05, 0.1) is 18.2 Å². The van der Waals surface area contributed by atoms with Crippen LogP contribution in [0, 0.1) is 11.3 Å². The van der Waals surface area contributed by atoms with Crippen LogP contribution in [0.1, 0.15) is 36.7 Å². The summed E-state index contributed by atoms with van der Waals surface area (Å²) in [7, 11) is 1.58. The molecule has 4 nitrogen and oxygen atoms in total. The Morgan fingerprint density at radius 3 is 2.44 bits per heavy atom. The summed E-state index contributed by atoms with van der Waals surface area (Å²) in [5, 5.41) is 8.80. The van der Waals surface area contributed by atoms with Gasteiger partial charge in [-0.2, -0.15) is 5.26 Å². The number of nitrogens with zero attached hydrogens (tertiary/aromatic N) is 1. The van der Waals surface area contributed by atoms with Crippen molar-refractivity contribution in [2.45, 2.75) is 20.8 Å². The molecule has 0 saturated heterocycles. The molecule has 0 atom stereocenters. The van der Waals surface area contributed by atoms with Crippen molar-refractivity contribution in [2.75, 3.05) is 20.3 Å². The van der Waals surface area contributed by atoms with E-state index in [1.165, 1.54) is 6.92 Å². The summed E-state index contributed by atoms with van der Waals surface area (Å²) in [4.78, 5) is 11.2. The Bertz CT molecular complexity index is 422. The minimum atomic E-state index is -0.0892. The lowest BCUT2D eigenvalue weighted by Crippen LogP contribution is -2.05. The van der Waals surface area contributed by atoms with E-state index in [4.69, 9.17) is 14.7 Å². The fraction of sp³-hybridized carbons (Fsp3) is 0.429. The van der Waals surface area contributed by atoms with Gasteiger partial charge < -0.3 is 9.47 Å². The van der Waals surface area contributed by atoms with Gasteiger partial charge in [-0.15, -0.1) is 0 Å². The maximum atomic E-state index is 11.2. The number of nitriles is 1. The molecule has 0 heterocycles. The summed E-state index contributed by atoms with van der Waals surface area (Å²) < 4.78 is 10.2. The van der Waals surface area contributed by atoms with Crippen LogP contribution in [0.15, 0.2) is 18.2 Å². The Morgan fingerprint density at radius 2 is 1.94 bits per heavy atom. The number of carbonyl (C=O) groups excluding carboxylic acids is 1. The number of hydrogen-bond acceptors (Lipinski definition) is 4. The summed E-state index contributed by atoms with van der Waals surface area (Å²) in [5.74, 6) is 0.426. The number of benzene rings is 1. The van der Waals surface area contributed by atoms with Crippen LogP contribution in [0.3, 0.4) is 0 Å². The van der Waals surface area contributed by atoms with Gasteiger partial charge in [-0.1, -0.05) is 13.8 Å². The topological polar surface area (TPSA) is 59.3 Å². The number of methoxy groups -OCH3 is 1. The van der Waals surface area contributed by atoms with Gasteiger partial charge in [0.15, 0.2) is 5.78 Å². The highest BCUT2D eigenvalue weighted by molar-refractivity contribution is 5.94. The smallest absolute Gasteiger partial charge is 0.159 e. The van der Waals surface area contributed by atoms with Crippen molar-refractivity contribution in [2.24, 2.45) is 0 Å². The predicted molar refractivity (Wildman–Crippen MR) is 69.9 cm³/mol. The molecule has 0 amide bonds. The Labute approximate surface area is 108 Å². The summed E-state index contributed by atoms with van der Waals surface area (Å²) in [6, 6.07) is 6.76. The van der Waals surface area contributed by atoms with Gasteiger partial charge in [0.2, 0.25) is 0 Å². The van der Waals surface area contributed by atoms with Crippen molar-refractivity contribution in [3.8, 4) is 11.8 Å². The highest BCUT2D eigenvalue weighted by Gasteiger charge is 2.05. The number of hydrogen-bond donors (Lipinski definition) is 0. The van der Waals surface area contributed by atoms with Crippen molar-refractivity contribution in [1.82, 2.24) is 0 Å². The van der Waals surface area contributed by atoms with E-state index in [-0.39, 0.29) is 5.78 Å². The first-order valence-corrected chi connectivity index (χ1v) is 5.85. The molecule has 98 valence electrons. The number of Topliss-reactive ketones (excluding diaryl/α,β-unsaturated/α-hetero) is 1. The van der Waals surface area contributed by atoms with E-state index < -0.39 is 0 Å². The second-order valence-corrected chi connectivity index (χ2v) is 3.26. The van der Waals surface area contributed by atoms with E-state index in [2.05, 4.69) is 0 Å². The van der Waals surface area contributed by atoms with Gasteiger partial charge in [0, 0.05) is 12.7 Å². The molecule has 4 heteroatoms. The van der Waals surface area contributed by atoms with E-state index in [0.717, 1.165) is 0 Å². The Morgan fingerprint density at radius 1 is 1.28 bits per heavy atom. The van der Waals surface area contributed by atoms with Crippen molar-refractivity contribution in [3.05, 3.63) is 29.3 Å². The van der Waals surface area contributed by atoms with Crippen molar-refractivity contribution in [1.29, 1.82) is 5.26 Å². The lowest BCUT2D eigenvalue weighted by molar-refractivity contribution is 0.101. The van der Waals surface area contributed by atoms with E-state index in [1.54, 1.807) is 25.3 Å². The fourth-order valence-corrected chi connectivity index (χ4v) is 1.19. The van der Waals surface area contributed by atoms with Gasteiger partial charge in [0.25, 0.3) is 0 Å². The summed E-state index contributed by atoms with van der Waals surface area (Å²) in [5.41, 5.74) is 0.895. The molecule has 0 spiro atoms. The Hall–Kier alpha value is -1.86. The fourth-order valence-electron chi connectivity index (χ4n) is 1.19. The van der Waals surface area contributed by atoms with Crippen molar-refractivity contribution < 1.29 is 14.3 Å². The average Bonchev–Trinajstić information content (AvgIpc) is 2.41. The van der Waals surface area contributed by atoms with Gasteiger partial charge >= 0.3 is 0 Å². The Kier molecular flexibility index (Phi) is 8.25. The maximum Gasteiger partial charge on any atom is 0.159 e. The number of carbonyl (C=O) groups is 1. The van der Waals surface area contributed by atoms with E-state index in [1.807, 2.05) is 19.9 Å². The zero-order chi connectivity index (χ0) is 14.0. The molecule has 1 rings (SSSR count). The molecule has 0 aliphatic carbocycles. The SMILES string of the molecule is CC.COCCOc1cc(C#N)cc(C(C)=O)c1. The number of rotatable bonds is 5. The quantitative estimate of drug-likeness (QED) is 0.594. The molecule has 0 fully saturated rings. The van der Waals surface area contributed by atoms with E-state index in [9.17, 15) is 4.79 Å². The molecule has 18 heavy (non-hydrogen) atoms. The summed E-state index contributed by atoms with van der Waals surface area (Å²) >= 11 is 0. The molecular formula is C14H19NO3. The van der Waals surface area contributed by atoms with Gasteiger partial charge in [-0.05, 0) is 25.1 Å². The zero-order valence-electron chi connectivity index (χ0n) is 11.3. The maximum absolute atomic E-state index is 11.2. The van der Waals surface area contributed by atoms with E-state index in [0.29, 0.717) is 30.1 Å². The second-order valence-electron chi connectivity index (χ2n) is 3.26. The first kappa shape index (κ1) is 16.1. The van der Waals surface area contributed by atoms with Gasteiger partial charge in [-0.3, -0.25) is 4.79 Å². The molecule has 1 aromatic rings. The molecule has 1 aromatic carbocycles. The molecule has 0 aliphatic rings. The minimum absolute atomic E-state index is 0.0892. The predicted octanol–water partition coefficient (Wildman–Crippen LogP) is 2.81. The second kappa shape index (κ2) is 9.20. The first-order valence-electron chi connectivity index (χ1n) is 5.85. The average molecular weight is 249 g/mol. The van der Waals surface area contributed by atoms with Gasteiger partial charge in [-0.25, -0.2) is 0 Å². The van der Waals surface area contributed by atoms with Gasteiger partial charge in [0.1, 0.15) is 12.4 Å². The van der Waals surface area contributed by atoms with Crippen LogP contribution in [-0.2, 0) is 4.74 Å². The minimum Gasteiger partial charge on any atom is -0.491 e. The van der Waals surface area contributed by atoms with Crippen LogP contribution in [-0.4, -0.2) is 26.1 Å². The monoisotopic (exact) mass is 249 g/mol. The van der Waals surface area contributed by atoms with Crippen LogP contribution in [0.25, 0.3) is 0 Å². The lowest BCUT2D eigenvalue weighted by atomic mass is 10.1. The normalized spacial score (nSPS) is 8.83. The van der Waals surface area contributed by atoms with Crippen LogP contribution in [0.4, 0.5) is 0 Å². The molecule has 0 N–H and O–H groups in total. The molecule has 0 bridgehead atoms. The standard InChI is InChI=1S/C12H13NO3.C2H6/c1-9(14)11-5-10(8-13)6-12(7-11)16-4-3-15-2;1-2/h5-7H,3-4H2,1-2H3;1-2H3. The van der Waals surface area contributed by atoms with Crippen molar-refractivity contribution in [3.63, 3.8) is 0 Å². The Balaban J connectivity index is 0.00000137. The molecule has 0 aliphatic heterocycles. The van der Waals surface area contributed by atoms with Crippen LogP contribution in [0.5, 0.6) is 5.75 Å². The molecular weight excluding hydrogens is 230 g/mol. The highest BCUT2D eigenvalue weighted by atomic mass is 16.5. The third kappa shape index (κ3) is 5.46.